The van der Waals surface area contributed by atoms with Crippen LogP contribution in [0.15, 0.2) is 12.7 Å². The summed E-state index contributed by atoms with van der Waals surface area (Å²) >= 11 is 0. The van der Waals surface area contributed by atoms with Crippen LogP contribution in [0.2, 0.25) is 0 Å². The van der Waals surface area contributed by atoms with Crippen LogP contribution in [0.4, 0.5) is 0 Å². The summed E-state index contributed by atoms with van der Waals surface area (Å²) in [5.74, 6) is 6.65. The third kappa shape index (κ3) is 6.39. The van der Waals surface area contributed by atoms with E-state index in [1.54, 1.807) is 0 Å². The van der Waals surface area contributed by atoms with Crippen LogP contribution in [0.1, 0.15) is 135 Å². The lowest BCUT2D eigenvalue weighted by Gasteiger charge is -2.39. The minimum Gasteiger partial charge on any atom is -0.286 e. The van der Waals surface area contributed by atoms with Crippen molar-refractivity contribution in [3.63, 3.8) is 0 Å². The third-order valence-electron chi connectivity index (χ3n) is 15.8. The molecule has 9 aliphatic rings. The molecule has 8 bridgehead atoms. The van der Waals surface area contributed by atoms with E-state index in [-0.39, 0.29) is 0 Å². The van der Waals surface area contributed by atoms with E-state index in [0.29, 0.717) is 61.2 Å². The van der Waals surface area contributed by atoms with Gasteiger partial charge in [0.1, 0.15) is 0 Å². The van der Waals surface area contributed by atoms with Gasteiger partial charge in [-0.05, 0) is 111 Å². The van der Waals surface area contributed by atoms with Crippen molar-refractivity contribution in [3.05, 3.63) is 12.7 Å². The monoisotopic (exact) mass is 663 g/mol. The highest BCUT2D eigenvalue weighted by Crippen LogP contribution is 2.47. The number of allylic oxidation sites excluding steroid dienone is 1. The minimum atomic E-state index is 0.388. The zero-order valence-corrected chi connectivity index (χ0v) is 29.9. The Balaban J connectivity index is 1.00. The highest BCUT2D eigenvalue weighted by atomic mass is 15.4. The second-order valence-electron chi connectivity index (χ2n) is 18.2. The van der Waals surface area contributed by atoms with Gasteiger partial charge in [0.2, 0.25) is 0 Å². The van der Waals surface area contributed by atoms with Crippen LogP contribution in [-0.2, 0) is 0 Å². The molecular weight excluding hydrogens is 592 g/mol. The van der Waals surface area contributed by atoms with Crippen LogP contribution in [0.5, 0.6) is 0 Å². The second-order valence-corrected chi connectivity index (χ2v) is 18.2. The van der Waals surface area contributed by atoms with Gasteiger partial charge in [0, 0.05) is 0 Å². The highest BCUT2D eigenvalue weighted by molar-refractivity contribution is 5.09. The molecule has 4 aliphatic carbocycles. The second kappa shape index (κ2) is 14.8. The maximum atomic E-state index is 4.40. The number of fused-ring (bicyclic) bond motifs is 20. The van der Waals surface area contributed by atoms with E-state index in [1.807, 2.05) is 0 Å². The fourth-order valence-electron chi connectivity index (χ4n) is 13.6. The fraction of sp³-hybridized carbons (Fsp3) is 0.950. The van der Waals surface area contributed by atoms with E-state index in [9.17, 15) is 0 Å². The number of rotatable bonds is 7. The van der Waals surface area contributed by atoms with Gasteiger partial charge in [-0.2, -0.15) is 0 Å². The van der Waals surface area contributed by atoms with E-state index < -0.39 is 0 Å². The summed E-state index contributed by atoms with van der Waals surface area (Å²) in [6.07, 6.45) is 34.1. The molecule has 270 valence electrons. The summed E-state index contributed by atoms with van der Waals surface area (Å²) in [7, 11) is 0. The van der Waals surface area contributed by atoms with Gasteiger partial charge in [-0.3, -0.25) is 42.5 Å². The number of hydrogen-bond acceptors (Lipinski definition) is 8. The van der Waals surface area contributed by atoms with Crippen LogP contribution < -0.4 is 42.5 Å². The zero-order chi connectivity index (χ0) is 32.0. The summed E-state index contributed by atoms with van der Waals surface area (Å²) < 4.78 is 0. The maximum absolute atomic E-state index is 4.40. The first-order chi connectivity index (χ1) is 23.7. The Morgan fingerprint density at radius 3 is 1.15 bits per heavy atom. The molecule has 0 amide bonds. The Bertz CT molecular complexity index is 1090. The number of nitrogens with one attached hydrogen (secondary N) is 8. The van der Waals surface area contributed by atoms with Crippen LogP contribution in [-0.4, -0.2) is 49.3 Å². The molecule has 5 aliphatic heterocycles. The standard InChI is InChI=1S/C40H70N8/c1-2-3-4-5-6-7-15-24-16-14-23-31-32(24)40-47-38-30-22-13-12-21-29(30)36(45-38)43-34-26-18-9-8-17-25(26)33(41-34)42-35-27-19-10-11-20-28(27)37(44-35)46-39(31)48-40/h2,24-48H,1,3-23H2. The lowest BCUT2D eigenvalue weighted by atomic mass is 9.69. The van der Waals surface area contributed by atoms with E-state index in [0.717, 1.165) is 41.4 Å². The first-order valence-electron chi connectivity index (χ1n) is 21.4. The predicted octanol–water partition coefficient (Wildman–Crippen LogP) is 5.36. The molecule has 8 heteroatoms. The summed E-state index contributed by atoms with van der Waals surface area (Å²) in [5, 5.41) is 34.4. The average Bonchev–Trinajstić information content (AvgIpc) is 3.86. The van der Waals surface area contributed by atoms with Crippen molar-refractivity contribution >= 4 is 0 Å². The van der Waals surface area contributed by atoms with Gasteiger partial charge in [0.05, 0.1) is 49.3 Å². The SMILES string of the molecule is C=CCCCCCCC1CCCC2C3NC4NC(NC5NC(NC6NC(NC(N3)C12)C1CCCCC61)C1CCCCC51)C1CCCCC41. The van der Waals surface area contributed by atoms with Gasteiger partial charge in [-0.15, -0.1) is 6.58 Å². The van der Waals surface area contributed by atoms with Gasteiger partial charge >= 0.3 is 0 Å². The quantitative estimate of drug-likeness (QED) is 0.137. The van der Waals surface area contributed by atoms with E-state index in [2.05, 4.69) is 55.2 Å². The van der Waals surface area contributed by atoms with Gasteiger partial charge in [0.25, 0.3) is 0 Å². The van der Waals surface area contributed by atoms with E-state index in [1.165, 1.54) is 135 Å². The molecule has 8 N–H and O–H groups in total. The van der Waals surface area contributed by atoms with Crippen molar-refractivity contribution in [2.24, 2.45) is 53.3 Å². The Hall–Kier alpha value is -0.580. The summed E-state index contributed by atoms with van der Waals surface area (Å²) in [6, 6.07) is 0. The molecule has 9 fully saturated rings. The maximum Gasteiger partial charge on any atom is 0.0631 e. The van der Waals surface area contributed by atoms with Crippen molar-refractivity contribution in [3.8, 4) is 0 Å². The van der Waals surface area contributed by atoms with E-state index in [4.69, 9.17) is 0 Å². The van der Waals surface area contributed by atoms with Gasteiger partial charge in [-0.1, -0.05) is 83.1 Å². The van der Waals surface area contributed by atoms with E-state index >= 15 is 0 Å². The number of unbranched alkanes of at least 4 members (excludes halogenated alkanes) is 4. The lowest BCUT2D eigenvalue weighted by Crippen LogP contribution is -2.61. The first-order valence-corrected chi connectivity index (χ1v) is 21.4. The molecule has 17 unspecified atom stereocenters. The van der Waals surface area contributed by atoms with Crippen LogP contribution in [0.3, 0.4) is 0 Å². The molecule has 0 spiro atoms. The third-order valence-corrected chi connectivity index (χ3v) is 15.8. The van der Waals surface area contributed by atoms with Crippen molar-refractivity contribution < 1.29 is 0 Å². The molecule has 0 aromatic rings. The normalized spacial score (nSPS) is 51.5. The van der Waals surface area contributed by atoms with Crippen molar-refractivity contribution in [1.82, 2.24) is 42.5 Å². The Labute approximate surface area is 292 Å². The highest BCUT2D eigenvalue weighted by Gasteiger charge is 2.55. The topological polar surface area (TPSA) is 96.2 Å². The zero-order valence-electron chi connectivity index (χ0n) is 29.9. The molecule has 0 aromatic carbocycles. The largest absolute Gasteiger partial charge is 0.286 e. The van der Waals surface area contributed by atoms with Crippen LogP contribution in [0, 0.1) is 53.3 Å². The smallest absolute Gasteiger partial charge is 0.0631 e. The Morgan fingerprint density at radius 2 is 0.729 bits per heavy atom. The predicted molar refractivity (Wildman–Crippen MR) is 194 cm³/mol. The molecule has 0 radical (unpaired) electrons. The lowest BCUT2D eigenvalue weighted by molar-refractivity contribution is 0.115. The molecule has 5 saturated heterocycles. The number of hydrogen-bond donors (Lipinski definition) is 8. The molecule has 17 atom stereocenters. The first kappa shape index (κ1) is 33.3. The van der Waals surface area contributed by atoms with Crippen LogP contribution >= 0.6 is 0 Å². The van der Waals surface area contributed by atoms with Crippen molar-refractivity contribution in [2.45, 2.75) is 184 Å². The molecule has 8 nitrogen and oxygen atoms in total. The van der Waals surface area contributed by atoms with Crippen molar-refractivity contribution in [2.75, 3.05) is 0 Å². The van der Waals surface area contributed by atoms with Crippen LogP contribution in [0.25, 0.3) is 0 Å². The summed E-state index contributed by atoms with van der Waals surface area (Å²) in [4.78, 5) is 0. The minimum absolute atomic E-state index is 0.388. The molecule has 9 rings (SSSR count). The van der Waals surface area contributed by atoms with Gasteiger partial charge in [0.15, 0.2) is 0 Å². The Morgan fingerprint density at radius 1 is 0.375 bits per heavy atom. The van der Waals surface area contributed by atoms with Gasteiger partial charge < -0.3 is 0 Å². The summed E-state index contributed by atoms with van der Waals surface area (Å²) in [6.45, 7) is 3.94. The molecule has 4 saturated carbocycles. The average molecular weight is 663 g/mol. The van der Waals surface area contributed by atoms with Crippen molar-refractivity contribution in [1.29, 1.82) is 0 Å². The molecule has 48 heavy (non-hydrogen) atoms. The molecule has 0 aromatic heterocycles. The fourth-order valence-corrected chi connectivity index (χ4v) is 13.6. The van der Waals surface area contributed by atoms with Gasteiger partial charge in [-0.25, -0.2) is 0 Å². The molecular formula is C40H70N8. The molecule has 5 heterocycles. The Kier molecular flexibility index (Phi) is 10.3. The summed E-state index contributed by atoms with van der Waals surface area (Å²) in [5.41, 5.74) is 0.